The average molecular weight is 895 g/mol. The molecule has 0 aliphatic carbocycles. The molecule has 9 heteroatoms. The van der Waals surface area contributed by atoms with E-state index < -0.39 is 20.0 Å². The Hall–Kier alpha value is -1.28. The third-order valence-electron chi connectivity index (χ3n) is 11.8. The summed E-state index contributed by atoms with van der Waals surface area (Å²) in [6.07, 6.45) is 56.3. The normalized spacial score (nSPS) is 14.4. The lowest BCUT2D eigenvalue weighted by atomic mass is 10.0. The molecule has 62 heavy (non-hydrogen) atoms. The van der Waals surface area contributed by atoms with E-state index in [4.69, 9.17) is 9.05 Å². The number of unbranched alkanes of at least 4 members (excludes halogenated alkanes) is 31. The average Bonchev–Trinajstić information content (AvgIpc) is 3.23. The van der Waals surface area contributed by atoms with E-state index in [0.29, 0.717) is 17.4 Å². The van der Waals surface area contributed by atoms with Gasteiger partial charge in [-0.25, -0.2) is 0 Å². The Bertz CT molecular complexity index is 1110. The molecule has 0 rings (SSSR count). The van der Waals surface area contributed by atoms with E-state index in [1.165, 1.54) is 167 Å². The number of rotatable bonds is 48. The summed E-state index contributed by atoms with van der Waals surface area (Å²) in [4.78, 5) is 25.4. The number of carbonyl (C=O) groups excluding carboxylic acids is 1. The van der Waals surface area contributed by atoms with Crippen LogP contribution in [0, 0.1) is 0 Å². The molecule has 1 amide bonds. The van der Waals surface area contributed by atoms with Crippen LogP contribution in [0.5, 0.6) is 0 Å². The van der Waals surface area contributed by atoms with Gasteiger partial charge in [-0.1, -0.05) is 224 Å². The Morgan fingerprint density at radius 3 is 1.37 bits per heavy atom. The van der Waals surface area contributed by atoms with Gasteiger partial charge in [0.05, 0.1) is 39.9 Å². The summed E-state index contributed by atoms with van der Waals surface area (Å²) >= 11 is 0. The van der Waals surface area contributed by atoms with Crippen molar-refractivity contribution in [1.82, 2.24) is 5.32 Å². The number of carbonyl (C=O) groups is 1. The molecule has 2 N–H and O–H groups in total. The largest absolute Gasteiger partial charge is 0.756 e. The molecule has 0 fully saturated rings. The predicted octanol–water partition coefficient (Wildman–Crippen LogP) is 14.8. The fourth-order valence-corrected chi connectivity index (χ4v) is 8.38. The molecule has 3 atom stereocenters. The summed E-state index contributed by atoms with van der Waals surface area (Å²) in [7, 11) is 1.26. The molecule has 0 bridgehead atoms. The van der Waals surface area contributed by atoms with Crippen LogP contribution in [0.15, 0.2) is 36.5 Å². The van der Waals surface area contributed by atoms with Gasteiger partial charge < -0.3 is 28.8 Å². The zero-order valence-corrected chi connectivity index (χ0v) is 42.5. The van der Waals surface area contributed by atoms with E-state index in [2.05, 4.69) is 43.5 Å². The van der Waals surface area contributed by atoms with Crippen LogP contribution in [-0.4, -0.2) is 68.5 Å². The quantitative estimate of drug-likeness (QED) is 0.0273. The lowest BCUT2D eigenvalue weighted by Gasteiger charge is -2.29. The number of hydrogen-bond donors (Lipinski definition) is 2. The Morgan fingerprint density at radius 1 is 0.565 bits per heavy atom. The molecule has 3 unspecified atom stereocenters. The number of amides is 1. The number of aliphatic hydroxyl groups excluding tert-OH is 1. The summed E-state index contributed by atoms with van der Waals surface area (Å²) in [5.41, 5.74) is 0. The Balaban J connectivity index is 4.28. The first kappa shape index (κ1) is 60.7. The van der Waals surface area contributed by atoms with E-state index in [0.717, 1.165) is 57.8 Å². The Kier molecular flexibility index (Phi) is 44.0. The molecule has 0 heterocycles. The number of nitrogens with one attached hydrogen (secondary N) is 1. The fourth-order valence-electron chi connectivity index (χ4n) is 7.65. The molecule has 0 aliphatic rings. The highest BCUT2D eigenvalue weighted by Gasteiger charge is 2.23. The molecule has 8 nitrogen and oxygen atoms in total. The predicted molar refractivity (Wildman–Crippen MR) is 265 cm³/mol. The van der Waals surface area contributed by atoms with Gasteiger partial charge in [0.2, 0.25) is 5.91 Å². The minimum absolute atomic E-state index is 0.00254. The van der Waals surface area contributed by atoms with Crippen molar-refractivity contribution < 1.29 is 32.9 Å². The molecule has 0 aliphatic heterocycles. The van der Waals surface area contributed by atoms with E-state index in [9.17, 15) is 19.4 Å². The van der Waals surface area contributed by atoms with E-state index in [1.807, 2.05) is 27.2 Å². The summed E-state index contributed by atoms with van der Waals surface area (Å²) in [5.74, 6) is -0.204. The molecule has 0 spiro atoms. The number of allylic oxidation sites excluding steroid dienone is 5. The van der Waals surface area contributed by atoms with E-state index >= 15 is 0 Å². The number of phosphoric acid groups is 1. The monoisotopic (exact) mass is 895 g/mol. The molecule has 0 radical (unpaired) electrons. The van der Waals surface area contributed by atoms with Gasteiger partial charge in [-0.15, -0.1) is 0 Å². The topological polar surface area (TPSA) is 108 Å². The number of likely N-dealkylation sites (N-methyl/N-ethyl adjacent to an activating group) is 1. The number of phosphoric ester groups is 1. The van der Waals surface area contributed by atoms with Crippen molar-refractivity contribution in [3.63, 3.8) is 0 Å². The van der Waals surface area contributed by atoms with Gasteiger partial charge in [0.1, 0.15) is 13.2 Å². The van der Waals surface area contributed by atoms with E-state index in [1.54, 1.807) is 6.08 Å². The van der Waals surface area contributed by atoms with Crippen LogP contribution >= 0.6 is 7.82 Å². The zero-order chi connectivity index (χ0) is 45.7. The SMILES string of the molecule is CCCCC/C=C\C/C=C\CCCCCCCCCC(=O)NC(COP(=O)([O-])OCC[N+](C)(C)C)C(O)/C=C/CCCCCCCCCCCCCCCCCCCCCCC. The summed E-state index contributed by atoms with van der Waals surface area (Å²) < 4.78 is 23.3. The van der Waals surface area contributed by atoms with Gasteiger partial charge in [-0.2, -0.15) is 0 Å². The highest BCUT2D eigenvalue weighted by molar-refractivity contribution is 7.45. The summed E-state index contributed by atoms with van der Waals surface area (Å²) in [6.45, 7) is 4.64. The Labute approximate surface area is 385 Å². The van der Waals surface area contributed by atoms with Gasteiger partial charge in [0.25, 0.3) is 7.82 Å². The highest BCUT2D eigenvalue weighted by Crippen LogP contribution is 2.38. The van der Waals surface area contributed by atoms with Crippen LogP contribution in [0.4, 0.5) is 0 Å². The summed E-state index contributed by atoms with van der Waals surface area (Å²) in [5, 5.41) is 13.9. The first-order chi connectivity index (χ1) is 30.0. The van der Waals surface area contributed by atoms with Gasteiger partial charge in [0.15, 0.2) is 0 Å². The maximum atomic E-state index is 12.9. The smallest absolute Gasteiger partial charge is 0.268 e. The standard InChI is InChI=1S/C53H103N2O6P/c1-6-8-10-12-14-16-18-20-22-24-25-26-27-28-29-31-32-34-36-38-40-42-44-46-52(56)51(50-61-62(58,59)60-49-48-55(3,4)5)54-53(57)47-45-43-41-39-37-35-33-30-23-21-19-17-15-13-11-9-7-2/h15,17,21,23,44,46,51-52,56H,6-14,16,18-20,22,24-43,45,47-50H2,1-5H3,(H-,54,57,58,59)/b17-15-,23-21-,46-44+. The highest BCUT2D eigenvalue weighted by atomic mass is 31.2. The first-order valence-electron chi connectivity index (χ1n) is 26.4. The first-order valence-corrected chi connectivity index (χ1v) is 27.8. The van der Waals surface area contributed by atoms with Crippen LogP contribution in [0.3, 0.4) is 0 Å². The molecule has 0 aromatic heterocycles. The summed E-state index contributed by atoms with van der Waals surface area (Å²) in [6, 6.07) is -0.890. The third-order valence-corrected chi connectivity index (χ3v) is 12.8. The van der Waals surface area contributed by atoms with Crippen LogP contribution < -0.4 is 10.2 Å². The van der Waals surface area contributed by atoms with Crippen molar-refractivity contribution in [2.75, 3.05) is 40.9 Å². The molecule has 0 aromatic rings. The molecular formula is C53H103N2O6P. The van der Waals surface area contributed by atoms with Crippen LogP contribution in [0.2, 0.25) is 0 Å². The van der Waals surface area contributed by atoms with Gasteiger partial charge in [-0.3, -0.25) is 9.36 Å². The fraction of sp³-hybridized carbons (Fsp3) is 0.868. The number of hydrogen-bond acceptors (Lipinski definition) is 6. The molecule has 0 saturated carbocycles. The van der Waals surface area contributed by atoms with Crippen molar-refractivity contribution in [3.8, 4) is 0 Å². The lowest BCUT2D eigenvalue weighted by molar-refractivity contribution is -0.870. The lowest BCUT2D eigenvalue weighted by Crippen LogP contribution is -2.45. The third kappa shape index (κ3) is 46.7. The van der Waals surface area contributed by atoms with Crippen molar-refractivity contribution in [2.24, 2.45) is 0 Å². The Morgan fingerprint density at radius 2 is 0.935 bits per heavy atom. The maximum absolute atomic E-state index is 12.9. The minimum atomic E-state index is -4.59. The maximum Gasteiger partial charge on any atom is 0.268 e. The van der Waals surface area contributed by atoms with Gasteiger partial charge in [-0.05, 0) is 51.4 Å². The van der Waals surface area contributed by atoms with Crippen molar-refractivity contribution in [3.05, 3.63) is 36.5 Å². The minimum Gasteiger partial charge on any atom is -0.756 e. The molecule has 0 aromatic carbocycles. The second kappa shape index (κ2) is 44.9. The van der Waals surface area contributed by atoms with Gasteiger partial charge >= 0.3 is 0 Å². The van der Waals surface area contributed by atoms with Crippen LogP contribution in [0.25, 0.3) is 0 Å². The second-order valence-electron chi connectivity index (χ2n) is 19.2. The molecular weight excluding hydrogens is 792 g/mol. The molecule has 0 saturated heterocycles. The van der Waals surface area contributed by atoms with Crippen LogP contribution in [0.1, 0.15) is 245 Å². The van der Waals surface area contributed by atoms with Gasteiger partial charge in [0, 0.05) is 6.42 Å². The van der Waals surface area contributed by atoms with E-state index in [-0.39, 0.29) is 19.1 Å². The molecule has 366 valence electrons. The second-order valence-corrected chi connectivity index (χ2v) is 20.6. The van der Waals surface area contributed by atoms with Crippen LogP contribution in [-0.2, 0) is 18.4 Å². The number of quaternary nitrogens is 1. The number of nitrogens with zero attached hydrogens (tertiary/aromatic N) is 1. The van der Waals surface area contributed by atoms with Crippen molar-refractivity contribution in [1.29, 1.82) is 0 Å². The zero-order valence-electron chi connectivity index (χ0n) is 41.6. The number of aliphatic hydroxyl groups is 1. The van der Waals surface area contributed by atoms with Crippen molar-refractivity contribution >= 4 is 13.7 Å². The van der Waals surface area contributed by atoms with Crippen molar-refractivity contribution in [2.45, 2.75) is 257 Å².